The molecule has 4 aliphatic rings. The van der Waals surface area contributed by atoms with E-state index in [9.17, 15) is 4.79 Å². The van der Waals surface area contributed by atoms with Crippen LogP contribution in [0, 0.1) is 23.2 Å². The van der Waals surface area contributed by atoms with Gasteiger partial charge in [-0.2, -0.15) is 0 Å². The van der Waals surface area contributed by atoms with Crippen LogP contribution >= 0.6 is 0 Å². The van der Waals surface area contributed by atoms with Crippen LogP contribution in [-0.4, -0.2) is 33.2 Å². The van der Waals surface area contributed by atoms with E-state index in [0.29, 0.717) is 12.0 Å². The summed E-state index contributed by atoms with van der Waals surface area (Å²) in [5, 5.41) is 3.29. The average Bonchev–Trinajstić information content (AvgIpc) is 2.59. The molecular weight excluding hydrogens is 324 g/mol. The fraction of sp³-hybridized carbons (Fsp3) is 0.682. The SMILES string of the molecule is COc1ccc(C[NH+](C)CC(=O)NCC23CC4CC(CC(C4)C2)C3)cc1. The molecule has 4 bridgehead atoms. The summed E-state index contributed by atoms with van der Waals surface area (Å²) in [4.78, 5) is 13.7. The van der Waals surface area contributed by atoms with Crippen LogP contribution in [0.15, 0.2) is 24.3 Å². The molecule has 26 heavy (non-hydrogen) atoms. The Labute approximate surface area is 157 Å². The number of carbonyl (C=O) groups is 1. The molecule has 2 N–H and O–H groups in total. The average molecular weight is 358 g/mol. The van der Waals surface area contributed by atoms with Gasteiger partial charge >= 0.3 is 0 Å². The van der Waals surface area contributed by atoms with Crippen molar-refractivity contribution in [3.8, 4) is 5.75 Å². The summed E-state index contributed by atoms with van der Waals surface area (Å²) in [5.74, 6) is 3.91. The number of hydrogen-bond donors (Lipinski definition) is 2. The largest absolute Gasteiger partial charge is 0.497 e. The summed E-state index contributed by atoms with van der Waals surface area (Å²) in [6.45, 7) is 2.30. The molecule has 4 aliphatic carbocycles. The maximum absolute atomic E-state index is 12.5. The predicted octanol–water partition coefficient (Wildman–Crippen LogP) is 2.04. The van der Waals surface area contributed by atoms with Crippen molar-refractivity contribution in [1.29, 1.82) is 0 Å². The molecule has 142 valence electrons. The van der Waals surface area contributed by atoms with Gasteiger partial charge in [0.1, 0.15) is 12.3 Å². The molecule has 4 nitrogen and oxygen atoms in total. The Hall–Kier alpha value is -1.55. The summed E-state index contributed by atoms with van der Waals surface area (Å²) < 4.78 is 5.20. The number of carbonyl (C=O) groups excluding carboxylic acids is 1. The number of ether oxygens (including phenoxy) is 1. The summed E-state index contributed by atoms with van der Waals surface area (Å²) >= 11 is 0. The van der Waals surface area contributed by atoms with Crippen molar-refractivity contribution in [3.63, 3.8) is 0 Å². The van der Waals surface area contributed by atoms with E-state index < -0.39 is 0 Å². The normalized spacial score (nSPS) is 33.1. The number of hydrogen-bond acceptors (Lipinski definition) is 2. The highest BCUT2D eigenvalue weighted by atomic mass is 16.5. The Bertz CT molecular complexity index is 605. The first-order valence-electron chi connectivity index (χ1n) is 10.2. The summed E-state index contributed by atoms with van der Waals surface area (Å²) in [5.41, 5.74) is 1.66. The van der Waals surface area contributed by atoms with Crippen molar-refractivity contribution in [2.75, 3.05) is 27.2 Å². The standard InChI is InChI=1S/C22H32N2O2/c1-24(13-16-3-5-20(26-2)6-4-16)14-21(25)23-15-22-10-17-7-18(11-22)9-19(8-17)12-22/h3-6,17-19H,7-15H2,1-2H3,(H,23,25)/p+1. The van der Waals surface area contributed by atoms with E-state index in [2.05, 4.69) is 24.5 Å². The van der Waals surface area contributed by atoms with E-state index in [1.165, 1.54) is 49.0 Å². The lowest BCUT2D eigenvalue weighted by molar-refractivity contribution is -0.885. The van der Waals surface area contributed by atoms with Crippen molar-refractivity contribution < 1.29 is 14.4 Å². The smallest absolute Gasteiger partial charge is 0.275 e. The summed E-state index contributed by atoms with van der Waals surface area (Å²) in [7, 11) is 3.77. The van der Waals surface area contributed by atoms with E-state index in [4.69, 9.17) is 4.74 Å². The van der Waals surface area contributed by atoms with Crippen LogP contribution in [0.25, 0.3) is 0 Å². The lowest BCUT2D eigenvalue weighted by Crippen LogP contribution is -3.08. The number of amides is 1. The van der Waals surface area contributed by atoms with Gasteiger partial charge in [0.25, 0.3) is 5.91 Å². The second-order valence-electron chi connectivity index (χ2n) is 9.35. The zero-order chi connectivity index (χ0) is 18.1. The quantitative estimate of drug-likeness (QED) is 0.784. The molecule has 0 aliphatic heterocycles. The Morgan fingerprint density at radius 2 is 1.69 bits per heavy atom. The first kappa shape index (κ1) is 17.8. The van der Waals surface area contributed by atoms with Crippen LogP contribution in [0.2, 0.25) is 0 Å². The molecule has 5 rings (SSSR count). The van der Waals surface area contributed by atoms with E-state index in [-0.39, 0.29) is 5.91 Å². The monoisotopic (exact) mass is 357 g/mol. The first-order valence-corrected chi connectivity index (χ1v) is 10.2. The molecule has 0 saturated heterocycles. The van der Waals surface area contributed by atoms with Gasteiger partial charge in [-0.1, -0.05) is 0 Å². The number of rotatable bonds is 7. The van der Waals surface area contributed by atoms with Crippen LogP contribution in [0.4, 0.5) is 0 Å². The Kier molecular flexibility index (Phi) is 4.96. The van der Waals surface area contributed by atoms with E-state index in [0.717, 1.165) is 36.6 Å². The van der Waals surface area contributed by atoms with Gasteiger partial charge in [0, 0.05) is 12.1 Å². The highest BCUT2D eigenvalue weighted by Crippen LogP contribution is 2.59. The topological polar surface area (TPSA) is 42.8 Å². The minimum Gasteiger partial charge on any atom is -0.497 e. The van der Waals surface area contributed by atoms with Gasteiger partial charge in [-0.3, -0.25) is 4.79 Å². The maximum atomic E-state index is 12.5. The zero-order valence-corrected chi connectivity index (χ0v) is 16.2. The number of benzene rings is 1. The third kappa shape index (κ3) is 3.90. The highest BCUT2D eigenvalue weighted by Gasteiger charge is 2.50. The van der Waals surface area contributed by atoms with Crippen LogP contribution in [0.1, 0.15) is 44.1 Å². The van der Waals surface area contributed by atoms with Gasteiger partial charge in [0.2, 0.25) is 0 Å². The molecule has 1 amide bonds. The molecule has 0 spiro atoms. The Balaban J connectivity index is 1.25. The first-order chi connectivity index (χ1) is 12.5. The molecule has 4 heteroatoms. The zero-order valence-electron chi connectivity index (χ0n) is 16.2. The van der Waals surface area contributed by atoms with Crippen LogP contribution in [0.5, 0.6) is 5.75 Å². The number of nitrogens with one attached hydrogen (secondary N) is 2. The van der Waals surface area contributed by atoms with Crippen LogP contribution < -0.4 is 15.0 Å². The van der Waals surface area contributed by atoms with Gasteiger partial charge in [-0.25, -0.2) is 0 Å². The number of likely N-dealkylation sites (N-methyl/N-ethyl adjacent to an activating group) is 1. The fourth-order valence-corrected chi connectivity index (χ4v) is 6.28. The molecule has 4 fully saturated rings. The van der Waals surface area contributed by atoms with E-state index in [1.807, 2.05) is 12.1 Å². The van der Waals surface area contributed by atoms with Crippen LogP contribution in [0.3, 0.4) is 0 Å². The molecule has 0 radical (unpaired) electrons. The summed E-state index contributed by atoms with van der Waals surface area (Å²) in [6, 6.07) is 8.12. The van der Waals surface area contributed by atoms with Crippen molar-refractivity contribution >= 4 is 5.91 Å². The number of quaternary nitrogens is 1. The van der Waals surface area contributed by atoms with Gasteiger partial charge in [-0.15, -0.1) is 0 Å². The molecule has 1 aromatic carbocycles. The van der Waals surface area contributed by atoms with E-state index in [1.54, 1.807) is 7.11 Å². The molecular formula is C22H33N2O2+. The molecule has 1 atom stereocenters. The van der Waals surface area contributed by atoms with Crippen molar-refractivity contribution in [2.45, 2.75) is 45.1 Å². The van der Waals surface area contributed by atoms with Crippen molar-refractivity contribution in [2.24, 2.45) is 23.2 Å². The lowest BCUT2D eigenvalue weighted by atomic mass is 9.49. The van der Waals surface area contributed by atoms with Crippen LogP contribution in [-0.2, 0) is 11.3 Å². The van der Waals surface area contributed by atoms with Gasteiger partial charge in [0.15, 0.2) is 6.54 Å². The molecule has 0 heterocycles. The Morgan fingerprint density at radius 1 is 1.12 bits per heavy atom. The minimum absolute atomic E-state index is 0.201. The molecule has 4 saturated carbocycles. The predicted molar refractivity (Wildman–Crippen MR) is 102 cm³/mol. The van der Waals surface area contributed by atoms with Gasteiger partial charge < -0.3 is 15.0 Å². The third-order valence-corrected chi connectivity index (χ3v) is 6.95. The molecule has 1 aromatic rings. The van der Waals surface area contributed by atoms with Crippen molar-refractivity contribution in [1.82, 2.24) is 5.32 Å². The summed E-state index contributed by atoms with van der Waals surface area (Å²) in [6.07, 6.45) is 8.45. The van der Waals surface area contributed by atoms with E-state index >= 15 is 0 Å². The van der Waals surface area contributed by atoms with Crippen molar-refractivity contribution in [3.05, 3.63) is 29.8 Å². The third-order valence-electron chi connectivity index (χ3n) is 6.95. The van der Waals surface area contributed by atoms with Gasteiger partial charge in [-0.05, 0) is 86.0 Å². The van der Waals surface area contributed by atoms with Gasteiger partial charge in [0.05, 0.1) is 14.2 Å². The second-order valence-corrected chi connectivity index (χ2v) is 9.35. The molecule has 1 unspecified atom stereocenters. The fourth-order valence-electron chi connectivity index (χ4n) is 6.28. The lowest BCUT2D eigenvalue weighted by Gasteiger charge is -2.56. The highest BCUT2D eigenvalue weighted by molar-refractivity contribution is 5.76. The minimum atomic E-state index is 0.201. The maximum Gasteiger partial charge on any atom is 0.275 e. The number of methoxy groups -OCH3 is 1. The second kappa shape index (κ2) is 7.22. The Morgan fingerprint density at radius 3 is 2.23 bits per heavy atom. The molecule has 0 aromatic heterocycles.